The number of hydrogen-bond donors (Lipinski definition) is 1. The molecule has 0 aromatic heterocycles. The lowest BCUT2D eigenvalue weighted by Gasteiger charge is -2.14. The van der Waals surface area contributed by atoms with Gasteiger partial charge < -0.3 is 5.32 Å². The highest BCUT2D eigenvalue weighted by Crippen LogP contribution is 2.16. The Balaban J connectivity index is 2.47. The summed E-state index contributed by atoms with van der Waals surface area (Å²) >= 11 is 0. The van der Waals surface area contributed by atoms with Crippen LogP contribution in [0.1, 0.15) is 57.9 Å². The van der Waals surface area contributed by atoms with Gasteiger partial charge in [-0.2, -0.15) is 0 Å². The lowest BCUT2D eigenvalue weighted by Crippen LogP contribution is -2.28. The van der Waals surface area contributed by atoms with Gasteiger partial charge in [0.2, 0.25) is 5.91 Å². The normalized spacial score (nSPS) is 10.6. The molecule has 0 bridgehead atoms. The van der Waals surface area contributed by atoms with Crippen molar-refractivity contribution in [3.8, 4) is 0 Å². The van der Waals surface area contributed by atoms with E-state index < -0.39 is 5.92 Å². The summed E-state index contributed by atoms with van der Waals surface area (Å²) in [7, 11) is 0. The topological polar surface area (TPSA) is 63.2 Å². The molecule has 1 aromatic carbocycles. The first kappa shape index (κ1) is 19.1. The molecule has 0 unspecified atom stereocenters. The molecule has 0 aliphatic heterocycles. The van der Waals surface area contributed by atoms with Crippen molar-refractivity contribution in [2.24, 2.45) is 5.92 Å². The number of hydrogen-bond acceptors (Lipinski definition) is 3. The van der Waals surface area contributed by atoms with Gasteiger partial charge in [0.1, 0.15) is 11.6 Å². The first-order chi connectivity index (χ1) is 11.1. The molecule has 0 heterocycles. The SMILES string of the molecule is CCCC(=O)C(CCC(=O)NCc1ccccc1)C(=O)CCC. The summed E-state index contributed by atoms with van der Waals surface area (Å²) in [6, 6.07) is 9.65. The van der Waals surface area contributed by atoms with Crippen LogP contribution in [0.2, 0.25) is 0 Å². The predicted octanol–water partition coefficient (Wildman–Crippen LogP) is 3.44. The number of Topliss-reactive ketones (excluding diaryl/α,β-unsaturated/α-hetero) is 2. The van der Waals surface area contributed by atoms with Gasteiger partial charge in [0.25, 0.3) is 0 Å². The molecule has 4 nitrogen and oxygen atoms in total. The van der Waals surface area contributed by atoms with Crippen molar-refractivity contribution in [2.45, 2.75) is 58.9 Å². The second-order valence-electron chi connectivity index (χ2n) is 5.79. The molecule has 0 aliphatic rings. The standard InChI is InChI=1S/C19H27NO3/c1-3-8-17(21)16(18(22)9-4-2)12-13-19(23)20-14-15-10-6-5-7-11-15/h5-7,10-11,16H,3-4,8-9,12-14H2,1-2H3,(H,20,23). The van der Waals surface area contributed by atoms with Gasteiger partial charge in [0.15, 0.2) is 0 Å². The van der Waals surface area contributed by atoms with Crippen molar-refractivity contribution < 1.29 is 14.4 Å². The van der Waals surface area contributed by atoms with E-state index in [9.17, 15) is 14.4 Å². The highest BCUT2D eigenvalue weighted by atomic mass is 16.2. The van der Waals surface area contributed by atoms with Crippen LogP contribution in [0.4, 0.5) is 0 Å². The zero-order valence-corrected chi connectivity index (χ0v) is 14.1. The Morgan fingerprint density at radius 1 is 0.913 bits per heavy atom. The molecule has 1 amide bonds. The maximum Gasteiger partial charge on any atom is 0.220 e. The first-order valence-electron chi connectivity index (χ1n) is 8.44. The van der Waals surface area contributed by atoms with Crippen LogP contribution in [0.3, 0.4) is 0 Å². The molecule has 1 rings (SSSR count). The maximum absolute atomic E-state index is 12.1. The number of amides is 1. The van der Waals surface area contributed by atoms with Crippen LogP contribution in [-0.2, 0) is 20.9 Å². The van der Waals surface area contributed by atoms with Gasteiger partial charge in [0, 0.05) is 25.8 Å². The van der Waals surface area contributed by atoms with Gasteiger partial charge in [-0.1, -0.05) is 44.2 Å². The van der Waals surface area contributed by atoms with Crippen LogP contribution in [0.5, 0.6) is 0 Å². The van der Waals surface area contributed by atoms with E-state index in [2.05, 4.69) is 5.32 Å². The Labute approximate surface area is 138 Å². The van der Waals surface area contributed by atoms with E-state index in [-0.39, 0.29) is 23.9 Å². The number of rotatable bonds is 11. The molecule has 126 valence electrons. The molecule has 0 saturated carbocycles. The quantitative estimate of drug-likeness (QED) is 0.636. The zero-order valence-electron chi connectivity index (χ0n) is 14.1. The molecule has 0 fully saturated rings. The van der Waals surface area contributed by atoms with Crippen molar-refractivity contribution in [1.29, 1.82) is 0 Å². The molecule has 4 heteroatoms. The van der Waals surface area contributed by atoms with E-state index in [0.29, 0.717) is 25.8 Å². The molecule has 1 aromatic rings. The average Bonchev–Trinajstić information content (AvgIpc) is 2.54. The van der Waals surface area contributed by atoms with Gasteiger partial charge in [-0.3, -0.25) is 14.4 Å². The Hall–Kier alpha value is -1.97. The lowest BCUT2D eigenvalue weighted by atomic mass is 9.89. The van der Waals surface area contributed by atoms with Gasteiger partial charge in [0.05, 0.1) is 5.92 Å². The molecule has 0 radical (unpaired) electrons. The van der Waals surface area contributed by atoms with Gasteiger partial charge in [-0.15, -0.1) is 0 Å². The summed E-state index contributed by atoms with van der Waals surface area (Å²) in [6.07, 6.45) is 2.81. The minimum atomic E-state index is -0.614. The van der Waals surface area contributed by atoms with Crippen LogP contribution in [0.25, 0.3) is 0 Å². The molecular weight excluding hydrogens is 290 g/mol. The van der Waals surface area contributed by atoms with E-state index in [1.54, 1.807) is 0 Å². The van der Waals surface area contributed by atoms with Crippen LogP contribution in [-0.4, -0.2) is 17.5 Å². The van der Waals surface area contributed by atoms with Gasteiger partial charge in [-0.05, 0) is 24.8 Å². The van der Waals surface area contributed by atoms with E-state index in [4.69, 9.17) is 0 Å². The molecule has 0 spiro atoms. The van der Waals surface area contributed by atoms with Crippen molar-refractivity contribution >= 4 is 17.5 Å². The number of ketones is 2. The average molecular weight is 317 g/mol. The third-order valence-corrected chi connectivity index (χ3v) is 3.76. The molecule has 0 atom stereocenters. The van der Waals surface area contributed by atoms with E-state index in [1.165, 1.54) is 0 Å². The van der Waals surface area contributed by atoms with Crippen LogP contribution in [0.15, 0.2) is 30.3 Å². The Kier molecular flexibility index (Phi) is 8.88. The van der Waals surface area contributed by atoms with Crippen molar-refractivity contribution in [2.75, 3.05) is 0 Å². The van der Waals surface area contributed by atoms with Gasteiger partial charge in [-0.25, -0.2) is 0 Å². The maximum atomic E-state index is 12.1. The van der Waals surface area contributed by atoms with Crippen molar-refractivity contribution in [3.63, 3.8) is 0 Å². The molecule has 0 saturated heterocycles. The van der Waals surface area contributed by atoms with E-state index in [0.717, 1.165) is 18.4 Å². The summed E-state index contributed by atoms with van der Waals surface area (Å²) < 4.78 is 0. The molecule has 23 heavy (non-hydrogen) atoms. The van der Waals surface area contributed by atoms with Crippen LogP contribution in [0, 0.1) is 5.92 Å². The Bertz CT molecular complexity index is 493. The minimum Gasteiger partial charge on any atom is -0.352 e. The largest absolute Gasteiger partial charge is 0.352 e. The van der Waals surface area contributed by atoms with Gasteiger partial charge >= 0.3 is 0 Å². The third kappa shape index (κ3) is 7.22. The summed E-state index contributed by atoms with van der Waals surface area (Å²) in [5.41, 5.74) is 1.03. The highest BCUT2D eigenvalue weighted by Gasteiger charge is 2.25. The monoisotopic (exact) mass is 317 g/mol. The number of carbonyl (C=O) groups is 3. The van der Waals surface area contributed by atoms with Crippen LogP contribution < -0.4 is 5.32 Å². The van der Waals surface area contributed by atoms with Crippen molar-refractivity contribution in [3.05, 3.63) is 35.9 Å². The fourth-order valence-corrected chi connectivity index (χ4v) is 2.50. The molecule has 0 aliphatic carbocycles. The van der Waals surface area contributed by atoms with Crippen LogP contribution >= 0.6 is 0 Å². The molecule has 1 N–H and O–H groups in total. The number of nitrogens with one attached hydrogen (secondary N) is 1. The Morgan fingerprint density at radius 2 is 1.48 bits per heavy atom. The molecular formula is C19H27NO3. The van der Waals surface area contributed by atoms with E-state index in [1.807, 2.05) is 44.2 Å². The highest BCUT2D eigenvalue weighted by molar-refractivity contribution is 6.02. The second kappa shape index (κ2) is 10.7. The smallest absolute Gasteiger partial charge is 0.220 e. The predicted molar refractivity (Wildman–Crippen MR) is 90.8 cm³/mol. The number of benzene rings is 1. The third-order valence-electron chi connectivity index (χ3n) is 3.76. The summed E-state index contributed by atoms with van der Waals surface area (Å²) in [5.74, 6) is -0.784. The fourth-order valence-electron chi connectivity index (χ4n) is 2.50. The first-order valence-corrected chi connectivity index (χ1v) is 8.44. The fraction of sp³-hybridized carbons (Fsp3) is 0.526. The van der Waals surface area contributed by atoms with Crippen molar-refractivity contribution in [1.82, 2.24) is 5.32 Å². The zero-order chi connectivity index (χ0) is 17.1. The Morgan fingerprint density at radius 3 is 2.00 bits per heavy atom. The lowest BCUT2D eigenvalue weighted by molar-refractivity contribution is -0.133. The summed E-state index contributed by atoms with van der Waals surface area (Å²) in [6.45, 7) is 4.31. The second-order valence-corrected chi connectivity index (χ2v) is 5.79. The summed E-state index contributed by atoms with van der Waals surface area (Å²) in [5, 5.41) is 2.83. The minimum absolute atomic E-state index is 0.0261. The van der Waals surface area contributed by atoms with E-state index >= 15 is 0 Å². The summed E-state index contributed by atoms with van der Waals surface area (Å²) in [4.78, 5) is 36.1. The number of carbonyl (C=O) groups excluding carboxylic acids is 3.